The molecule has 1 aromatic rings. The van der Waals surface area contributed by atoms with Crippen LogP contribution >= 0.6 is 35.3 Å². The van der Waals surface area contributed by atoms with E-state index in [0.29, 0.717) is 11.3 Å². The molecule has 3 N–H and O–H groups in total. The SMILES string of the molecule is N#CCSCC(=O)NC1C(=O)N2C(C(=O)O)=C(CSc3nnc(CC(=O)O)o3)CS[C@H]12. The van der Waals surface area contributed by atoms with Crippen molar-refractivity contribution in [1.82, 2.24) is 20.4 Å². The van der Waals surface area contributed by atoms with Crippen molar-refractivity contribution in [2.45, 2.75) is 23.1 Å². The number of carboxylic acid groups (broad SMARTS) is 2. The Labute approximate surface area is 187 Å². The number of nitriles is 1. The summed E-state index contributed by atoms with van der Waals surface area (Å²) in [4.78, 5) is 48.1. The number of amides is 2. The number of carbonyl (C=O) groups excluding carboxylic acids is 2. The van der Waals surface area contributed by atoms with Crippen molar-refractivity contribution in [2.75, 3.05) is 23.0 Å². The second-order valence-electron chi connectivity index (χ2n) is 6.18. The van der Waals surface area contributed by atoms with Gasteiger partial charge in [-0.05, 0) is 5.57 Å². The van der Waals surface area contributed by atoms with Gasteiger partial charge in [0.25, 0.3) is 11.1 Å². The molecule has 2 aliphatic rings. The summed E-state index contributed by atoms with van der Waals surface area (Å²) in [7, 11) is 0. The Morgan fingerprint density at radius 2 is 2.13 bits per heavy atom. The van der Waals surface area contributed by atoms with Crippen LogP contribution in [0.2, 0.25) is 0 Å². The summed E-state index contributed by atoms with van der Waals surface area (Å²) in [5, 5.41) is 36.4. The molecule has 0 spiro atoms. The number of fused-ring (bicyclic) bond motifs is 1. The summed E-state index contributed by atoms with van der Waals surface area (Å²) in [6.45, 7) is 0. The molecule has 0 saturated carbocycles. The first-order chi connectivity index (χ1) is 14.8. The molecule has 2 aliphatic heterocycles. The van der Waals surface area contributed by atoms with E-state index in [-0.39, 0.29) is 34.1 Å². The third kappa shape index (κ3) is 5.32. The van der Waals surface area contributed by atoms with Gasteiger partial charge >= 0.3 is 11.9 Å². The smallest absolute Gasteiger partial charge is 0.352 e. The van der Waals surface area contributed by atoms with Gasteiger partial charge in [-0.15, -0.1) is 33.7 Å². The van der Waals surface area contributed by atoms with Crippen molar-refractivity contribution >= 4 is 59.0 Å². The monoisotopic (exact) mass is 485 g/mol. The Hall–Kier alpha value is -2.70. The van der Waals surface area contributed by atoms with Crippen LogP contribution in [0.5, 0.6) is 0 Å². The van der Waals surface area contributed by atoms with E-state index in [0.717, 1.165) is 28.4 Å². The standard InChI is InChI=1S/C16H15N5O7S3/c17-1-2-29-6-8(22)18-11-13(25)21-12(15(26)27)7(4-30-14(11)21)5-31-16-20-19-9(28-16)3-10(23)24/h11,14H,2-6H2,(H,18,22)(H,23,24)(H,26,27)/t11?,14-/m1/s1. The predicted octanol–water partition coefficient (Wildman–Crippen LogP) is -0.216. The number of β-lactam (4-membered cyclic amide) rings is 1. The molecule has 0 bridgehead atoms. The molecule has 12 nitrogen and oxygen atoms in total. The predicted molar refractivity (Wildman–Crippen MR) is 109 cm³/mol. The van der Waals surface area contributed by atoms with Crippen LogP contribution in [0.15, 0.2) is 20.9 Å². The van der Waals surface area contributed by atoms with Crippen molar-refractivity contribution in [3.8, 4) is 6.07 Å². The van der Waals surface area contributed by atoms with Crippen LogP contribution < -0.4 is 5.32 Å². The zero-order chi connectivity index (χ0) is 22.5. The van der Waals surface area contributed by atoms with Gasteiger partial charge in [0.15, 0.2) is 0 Å². The summed E-state index contributed by atoms with van der Waals surface area (Å²) < 4.78 is 5.20. The molecule has 3 rings (SSSR count). The number of nitrogens with one attached hydrogen (secondary N) is 1. The van der Waals surface area contributed by atoms with Crippen molar-refractivity contribution in [3.05, 3.63) is 17.2 Å². The maximum atomic E-state index is 12.5. The molecule has 3 heterocycles. The van der Waals surface area contributed by atoms with E-state index < -0.39 is 41.6 Å². The van der Waals surface area contributed by atoms with Gasteiger partial charge in [-0.1, -0.05) is 11.8 Å². The quantitative estimate of drug-likeness (QED) is 0.224. The molecule has 2 atom stereocenters. The van der Waals surface area contributed by atoms with Crippen LogP contribution in [0.4, 0.5) is 0 Å². The Bertz CT molecular complexity index is 988. The number of thioether (sulfide) groups is 3. The topological polar surface area (TPSA) is 187 Å². The van der Waals surface area contributed by atoms with Crippen LogP contribution in [0.25, 0.3) is 0 Å². The number of aromatic nitrogens is 2. The average Bonchev–Trinajstić information content (AvgIpc) is 3.16. The highest BCUT2D eigenvalue weighted by Crippen LogP contribution is 2.41. The third-order valence-electron chi connectivity index (χ3n) is 4.09. The lowest BCUT2D eigenvalue weighted by molar-refractivity contribution is -0.150. The van der Waals surface area contributed by atoms with E-state index in [1.165, 1.54) is 11.8 Å². The summed E-state index contributed by atoms with van der Waals surface area (Å²) in [6.07, 6.45) is -0.418. The molecule has 1 unspecified atom stereocenters. The van der Waals surface area contributed by atoms with Crippen LogP contribution in [-0.4, -0.2) is 83.5 Å². The van der Waals surface area contributed by atoms with E-state index in [4.69, 9.17) is 14.8 Å². The number of carbonyl (C=O) groups is 4. The zero-order valence-electron chi connectivity index (χ0n) is 15.6. The lowest BCUT2D eigenvalue weighted by Crippen LogP contribution is -2.70. The van der Waals surface area contributed by atoms with Crippen molar-refractivity contribution < 1.29 is 33.8 Å². The van der Waals surface area contributed by atoms with E-state index in [9.17, 15) is 24.3 Å². The second-order valence-corrected chi connectivity index (χ2v) is 9.20. The fraction of sp³-hybridized carbons (Fsp3) is 0.438. The molecule has 2 amide bonds. The van der Waals surface area contributed by atoms with Crippen LogP contribution in [0, 0.1) is 11.3 Å². The summed E-state index contributed by atoms with van der Waals surface area (Å²) in [5.74, 6) is -2.70. The maximum absolute atomic E-state index is 12.5. The summed E-state index contributed by atoms with van der Waals surface area (Å²) in [5.41, 5.74) is 0.329. The highest BCUT2D eigenvalue weighted by atomic mass is 32.2. The van der Waals surface area contributed by atoms with E-state index in [1.54, 1.807) is 0 Å². The Morgan fingerprint density at radius 1 is 1.35 bits per heavy atom. The van der Waals surface area contributed by atoms with E-state index in [1.807, 2.05) is 6.07 Å². The molecule has 0 aliphatic carbocycles. The third-order valence-corrected chi connectivity index (χ3v) is 7.13. The van der Waals surface area contributed by atoms with Crippen LogP contribution in [0.1, 0.15) is 5.89 Å². The zero-order valence-corrected chi connectivity index (χ0v) is 18.1. The van der Waals surface area contributed by atoms with Crippen LogP contribution in [0.3, 0.4) is 0 Å². The lowest BCUT2D eigenvalue weighted by atomic mass is 10.0. The molecule has 0 radical (unpaired) electrons. The van der Waals surface area contributed by atoms with Gasteiger partial charge in [-0.3, -0.25) is 19.3 Å². The highest BCUT2D eigenvalue weighted by Gasteiger charge is 2.54. The number of rotatable bonds is 10. The minimum absolute atomic E-state index is 0.0340. The first-order valence-corrected chi connectivity index (χ1v) is 11.8. The molecule has 164 valence electrons. The van der Waals surface area contributed by atoms with E-state index in [2.05, 4.69) is 15.5 Å². The van der Waals surface area contributed by atoms with Gasteiger partial charge in [0.2, 0.25) is 11.8 Å². The van der Waals surface area contributed by atoms with Crippen molar-refractivity contribution in [2.24, 2.45) is 0 Å². The molecule has 15 heteroatoms. The van der Waals surface area contributed by atoms with Gasteiger partial charge in [0.1, 0.15) is 23.5 Å². The first kappa shape index (κ1) is 23.0. The molecule has 1 aromatic heterocycles. The Balaban J connectivity index is 1.64. The second kappa shape index (κ2) is 10.1. The van der Waals surface area contributed by atoms with Gasteiger partial charge in [0, 0.05) is 11.5 Å². The van der Waals surface area contributed by atoms with Gasteiger partial charge in [-0.2, -0.15) is 5.26 Å². The Kier molecular flexibility index (Phi) is 7.46. The lowest BCUT2D eigenvalue weighted by Gasteiger charge is -2.49. The number of hydrogen-bond acceptors (Lipinski definition) is 11. The highest BCUT2D eigenvalue weighted by molar-refractivity contribution is 8.01. The maximum Gasteiger partial charge on any atom is 0.352 e. The Morgan fingerprint density at radius 3 is 2.81 bits per heavy atom. The molecule has 1 saturated heterocycles. The average molecular weight is 486 g/mol. The normalized spacial score (nSPS) is 20.0. The van der Waals surface area contributed by atoms with Crippen molar-refractivity contribution in [1.29, 1.82) is 5.26 Å². The summed E-state index contributed by atoms with van der Waals surface area (Å²) in [6, 6.07) is 1.08. The van der Waals surface area contributed by atoms with Gasteiger partial charge in [0.05, 0.1) is 17.6 Å². The fourth-order valence-electron chi connectivity index (χ4n) is 2.85. The van der Waals surface area contributed by atoms with E-state index >= 15 is 0 Å². The van der Waals surface area contributed by atoms with Crippen LogP contribution in [-0.2, 0) is 25.6 Å². The van der Waals surface area contributed by atoms with Gasteiger partial charge in [-0.25, -0.2) is 4.79 Å². The summed E-state index contributed by atoms with van der Waals surface area (Å²) >= 11 is 3.49. The number of nitrogens with zero attached hydrogens (tertiary/aromatic N) is 4. The first-order valence-electron chi connectivity index (χ1n) is 8.62. The number of carboxylic acids is 2. The molecule has 0 aromatic carbocycles. The number of aliphatic carboxylic acids is 2. The van der Waals surface area contributed by atoms with Crippen molar-refractivity contribution in [3.63, 3.8) is 0 Å². The molecule has 31 heavy (non-hydrogen) atoms. The molecular weight excluding hydrogens is 470 g/mol. The molecule has 1 fully saturated rings. The number of hydrogen-bond donors (Lipinski definition) is 3. The largest absolute Gasteiger partial charge is 0.481 e. The minimum Gasteiger partial charge on any atom is -0.481 e. The van der Waals surface area contributed by atoms with Gasteiger partial charge < -0.3 is 19.9 Å². The minimum atomic E-state index is -1.26. The molecular formula is C16H15N5O7S3. The fourth-order valence-corrected chi connectivity index (χ4v) is 5.57.